The van der Waals surface area contributed by atoms with E-state index in [4.69, 9.17) is 0 Å². The van der Waals surface area contributed by atoms with E-state index in [9.17, 15) is 8.94 Å². The van der Waals surface area contributed by atoms with E-state index in [0.29, 0.717) is 12.0 Å². The summed E-state index contributed by atoms with van der Waals surface area (Å²) in [6.45, 7) is 5.55. The molecular formula is C12H16FNOS. The Morgan fingerprint density at radius 1 is 1.38 bits per heavy atom. The summed E-state index contributed by atoms with van der Waals surface area (Å²) in [5.74, 6) is -0.254. The van der Waals surface area contributed by atoms with Crippen molar-refractivity contribution in [3.63, 3.8) is 0 Å². The van der Waals surface area contributed by atoms with E-state index in [1.807, 2.05) is 20.8 Å². The van der Waals surface area contributed by atoms with Crippen LogP contribution < -0.4 is 0 Å². The minimum absolute atomic E-state index is 0.254. The molecule has 0 aliphatic carbocycles. The number of hydrogen-bond donors (Lipinski definition) is 0. The molecule has 1 rings (SSSR count). The smallest absolute Gasteiger partial charge is 0.144 e. The molecule has 0 unspecified atom stereocenters. The maximum Gasteiger partial charge on any atom is 0.144 e. The maximum atomic E-state index is 13.2. The number of halogens is 1. The first kappa shape index (κ1) is 13.2. The zero-order valence-corrected chi connectivity index (χ0v) is 10.6. The predicted molar refractivity (Wildman–Crippen MR) is 66.5 cm³/mol. The SMILES string of the molecule is CC(C)(C)[S@@+]([O-])N=CCc1ccccc1F. The van der Waals surface area contributed by atoms with E-state index in [-0.39, 0.29) is 10.6 Å². The second-order valence-corrected chi connectivity index (χ2v) is 6.38. The van der Waals surface area contributed by atoms with Crippen LogP contribution in [0.25, 0.3) is 0 Å². The quantitative estimate of drug-likeness (QED) is 0.592. The van der Waals surface area contributed by atoms with E-state index in [0.717, 1.165) is 0 Å². The Kier molecular flexibility index (Phi) is 4.50. The Balaban J connectivity index is 2.59. The van der Waals surface area contributed by atoms with Crippen molar-refractivity contribution in [2.24, 2.45) is 4.40 Å². The fraction of sp³-hybridized carbons (Fsp3) is 0.417. The van der Waals surface area contributed by atoms with Crippen molar-refractivity contribution in [1.82, 2.24) is 0 Å². The van der Waals surface area contributed by atoms with E-state index in [2.05, 4.69) is 4.40 Å². The number of hydrogen-bond acceptors (Lipinski definition) is 2. The first-order chi connectivity index (χ1) is 7.41. The molecule has 0 N–H and O–H groups in total. The highest BCUT2D eigenvalue weighted by molar-refractivity contribution is 7.91. The fourth-order valence-electron chi connectivity index (χ4n) is 1.03. The third-order valence-electron chi connectivity index (χ3n) is 1.96. The van der Waals surface area contributed by atoms with Crippen molar-refractivity contribution >= 4 is 17.6 Å². The lowest BCUT2D eigenvalue weighted by Gasteiger charge is -2.17. The van der Waals surface area contributed by atoms with Crippen LogP contribution in [0.3, 0.4) is 0 Å². The molecule has 0 saturated carbocycles. The lowest BCUT2D eigenvalue weighted by atomic mass is 10.1. The van der Waals surface area contributed by atoms with Gasteiger partial charge in [-0.15, -0.1) is 0 Å². The molecule has 1 atom stereocenters. The highest BCUT2D eigenvalue weighted by Gasteiger charge is 2.25. The normalized spacial score (nSPS) is 14.3. The van der Waals surface area contributed by atoms with Gasteiger partial charge in [0.15, 0.2) is 0 Å². The van der Waals surface area contributed by atoms with Gasteiger partial charge in [0.25, 0.3) is 0 Å². The van der Waals surface area contributed by atoms with E-state index in [1.54, 1.807) is 18.2 Å². The summed E-state index contributed by atoms with van der Waals surface area (Å²) in [4.78, 5) is 0. The van der Waals surface area contributed by atoms with Gasteiger partial charge in [0.05, 0.1) is 6.21 Å². The lowest BCUT2D eigenvalue weighted by Crippen LogP contribution is -2.25. The molecule has 2 nitrogen and oxygen atoms in total. The topological polar surface area (TPSA) is 35.4 Å². The molecule has 0 radical (unpaired) electrons. The Hall–Kier alpha value is -0.870. The number of rotatable bonds is 3. The summed E-state index contributed by atoms with van der Waals surface area (Å²) in [6, 6.07) is 6.52. The van der Waals surface area contributed by atoms with E-state index < -0.39 is 11.4 Å². The monoisotopic (exact) mass is 241 g/mol. The van der Waals surface area contributed by atoms with Gasteiger partial charge < -0.3 is 4.55 Å². The molecule has 88 valence electrons. The Morgan fingerprint density at radius 2 is 2.00 bits per heavy atom. The third kappa shape index (κ3) is 3.94. The minimum atomic E-state index is -1.27. The van der Waals surface area contributed by atoms with Gasteiger partial charge in [-0.25, -0.2) is 4.39 Å². The van der Waals surface area contributed by atoms with Crippen LogP contribution in [0.5, 0.6) is 0 Å². The Morgan fingerprint density at radius 3 is 2.56 bits per heavy atom. The summed E-state index contributed by atoms with van der Waals surface area (Å²) in [7, 11) is 0. The Labute approximate surface area is 98.9 Å². The van der Waals surface area contributed by atoms with Gasteiger partial charge in [-0.2, -0.15) is 0 Å². The highest BCUT2D eigenvalue weighted by atomic mass is 32.2. The first-order valence-electron chi connectivity index (χ1n) is 5.09. The molecule has 16 heavy (non-hydrogen) atoms. The van der Waals surface area contributed by atoms with Crippen molar-refractivity contribution in [3.05, 3.63) is 35.6 Å². The number of nitrogens with zero attached hydrogens (tertiary/aromatic N) is 1. The van der Waals surface area contributed by atoms with Gasteiger partial charge in [-0.05, 0) is 32.4 Å². The lowest BCUT2D eigenvalue weighted by molar-refractivity contribution is 0.561. The molecule has 1 aromatic carbocycles. The summed E-state index contributed by atoms with van der Waals surface area (Å²) < 4.78 is 28.3. The Bertz CT molecular complexity index is 374. The van der Waals surface area contributed by atoms with E-state index in [1.165, 1.54) is 12.3 Å². The van der Waals surface area contributed by atoms with Gasteiger partial charge >= 0.3 is 0 Å². The van der Waals surface area contributed by atoms with Crippen LogP contribution in [0.1, 0.15) is 26.3 Å². The van der Waals surface area contributed by atoms with Gasteiger partial charge in [0.1, 0.15) is 21.9 Å². The van der Waals surface area contributed by atoms with Crippen molar-refractivity contribution in [3.8, 4) is 0 Å². The highest BCUT2D eigenvalue weighted by Crippen LogP contribution is 2.16. The van der Waals surface area contributed by atoms with E-state index >= 15 is 0 Å². The van der Waals surface area contributed by atoms with Crippen LogP contribution in [0.2, 0.25) is 0 Å². The van der Waals surface area contributed by atoms with Crippen molar-refractivity contribution < 1.29 is 8.94 Å². The molecule has 0 aromatic heterocycles. The van der Waals surface area contributed by atoms with Crippen molar-refractivity contribution in [1.29, 1.82) is 0 Å². The molecule has 0 aliphatic heterocycles. The molecule has 1 aromatic rings. The average molecular weight is 241 g/mol. The first-order valence-corrected chi connectivity index (χ1v) is 6.20. The fourth-order valence-corrected chi connectivity index (χ4v) is 1.55. The second kappa shape index (κ2) is 5.46. The third-order valence-corrected chi connectivity index (χ3v) is 3.35. The van der Waals surface area contributed by atoms with Crippen LogP contribution in [0.15, 0.2) is 28.7 Å². The molecule has 0 heterocycles. The summed E-state index contributed by atoms with van der Waals surface area (Å²) in [6.07, 6.45) is 1.88. The number of benzene rings is 1. The molecule has 0 amide bonds. The summed E-state index contributed by atoms with van der Waals surface area (Å²) in [5, 5.41) is 0. The van der Waals surface area contributed by atoms with Crippen LogP contribution in [-0.4, -0.2) is 15.5 Å². The standard InChI is InChI=1S/C12H16FNOS/c1-12(2,3)16(15)14-9-8-10-6-4-5-7-11(10)13/h4-7,9H,8H2,1-3H3/t16-/m1/s1. The van der Waals surface area contributed by atoms with Crippen LogP contribution >= 0.6 is 0 Å². The molecule has 0 aliphatic rings. The van der Waals surface area contributed by atoms with Crippen molar-refractivity contribution in [2.45, 2.75) is 31.9 Å². The maximum absolute atomic E-state index is 13.2. The van der Waals surface area contributed by atoms with Gasteiger partial charge in [0, 0.05) is 6.42 Å². The van der Waals surface area contributed by atoms with Crippen LogP contribution in [0.4, 0.5) is 4.39 Å². The second-order valence-electron chi connectivity index (χ2n) is 4.45. The van der Waals surface area contributed by atoms with Crippen LogP contribution in [0, 0.1) is 5.82 Å². The average Bonchev–Trinajstić information content (AvgIpc) is 2.19. The zero-order chi connectivity index (χ0) is 12.2. The van der Waals surface area contributed by atoms with Crippen LogP contribution in [-0.2, 0) is 17.8 Å². The molecule has 0 bridgehead atoms. The largest absolute Gasteiger partial charge is 0.591 e. The molecule has 0 fully saturated rings. The summed E-state index contributed by atoms with van der Waals surface area (Å²) in [5.41, 5.74) is 0.567. The van der Waals surface area contributed by atoms with Crippen molar-refractivity contribution in [2.75, 3.05) is 0 Å². The zero-order valence-electron chi connectivity index (χ0n) is 9.74. The van der Waals surface area contributed by atoms with Gasteiger partial charge in [0.2, 0.25) is 0 Å². The molecule has 0 spiro atoms. The van der Waals surface area contributed by atoms with Gasteiger partial charge in [-0.1, -0.05) is 22.6 Å². The molecular weight excluding hydrogens is 225 g/mol. The minimum Gasteiger partial charge on any atom is -0.591 e. The predicted octanol–water partition coefficient (Wildman–Crippen LogP) is 2.90. The molecule has 0 saturated heterocycles. The summed E-state index contributed by atoms with van der Waals surface area (Å²) >= 11 is -1.27. The van der Waals surface area contributed by atoms with Gasteiger partial charge in [-0.3, -0.25) is 0 Å². The molecule has 4 heteroatoms.